The summed E-state index contributed by atoms with van der Waals surface area (Å²) < 4.78 is 0. The SMILES string of the molecule is CCC1(Nc2cnc(N)cn2)CCC1. The fourth-order valence-corrected chi connectivity index (χ4v) is 1.84. The maximum Gasteiger partial charge on any atom is 0.145 e. The second-order valence-corrected chi connectivity index (χ2v) is 3.94. The minimum absolute atomic E-state index is 0.269. The molecule has 0 atom stereocenters. The van der Waals surface area contributed by atoms with Crippen LogP contribution in [0.25, 0.3) is 0 Å². The second kappa shape index (κ2) is 3.44. The molecule has 0 saturated heterocycles. The van der Waals surface area contributed by atoms with Gasteiger partial charge < -0.3 is 11.1 Å². The molecule has 1 fully saturated rings. The maximum atomic E-state index is 5.47. The van der Waals surface area contributed by atoms with Gasteiger partial charge >= 0.3 is 0 Å². The molecule has 0 unspecified atom stereocenters. The number of nitrogens with two attached hydrogens (primary N) is 1. The first-order valence-electron chi connectivity index (χ1n) is 5.10. The van der Waals surface area contributed by atoms with E-state index in [0.717, 1.165) is 12.2 Å². The number of aromatic nitrogens is 2. The van der Waals surface area contributed by atoms with Gasteiger partial charge in [0.2, 0.25) is 0 Å². The van der Waals surface area contributed by atoms with E-state index in [1.54, 1.807) is 12.4 Å². The Morgan fingerprint density at radius 2 is 2.21 bits per heavy atom. The summed E-state index contributed by atoms with van der Waals surface area (Å²) in [7, 11) is 0. The van der Waals surface area contributed by atoms with Crippen LogP contribution in [0.5, 0.6) is 0 Å². The average molecular weight is 192 g/mol. The lowest BCUT2D eigenvalue weighted by Gasteiger charge is -2.42. The van der Waals surface area contributed by atoms with Crippen molar-refractivity contribution in [3.05, 3.63) is 12.4 Å². The summed E-state index contributed by atoms with van der Waals surface area (Å²) >= 11 is 0. The molecule has 1 heterocycles. The summed E-state index contributed by atoms with van der Waals surface area (Å²) in [5, 5.41) is 3.44. The van der Waals surface area contributed by atoms with Crippen LogP contribution in [0, 0.1) is 0 Å². The van der Waals surface area contributed by atoms with Gasteiger partial charge in [0.05, 0.1) is 12.4 Å². The topological polar surface area (TPSA) is 63.8 Å². The quantitative estimate of drug-likeness (QED) is 0.766. The third-order valence-electron chi connectivity index (χ3n) is 3.05. The average Bonchev–Trinajstić information content (AvgIpc) is 2.15. The largest absolute Gasteiger partial charge is 0.382 e. The van der Waals surface area contributed by atoms with Crippen molar-refractivity contribution < 1.29 is 0 Å². The van der Waals surface area contributed by atoms with E-state index in [4.69, 9.17) is 5.73 Å². The highest BCUT2D eigenvalue weighted by molar-refractivity contribution is 5.39. The second-order valence-electron chi connectivity index (χ2n) is 3.94. The van der Waals surface area contributed by atoms with E-state index in [1.165, 1.54) is 19.3 Å². The number of anilines is 2. The Morgan fingerprint density at radius 3 is 2.64 bits per heavy atom. The lowest BCUT2D eigenvalue weighted by Crippen LogP contribution is -2.44. The van der Waals surface area contributed by atoms with Crippen LogP contribution in [0.3, 0.4) is 0 Å². The predicted octanol–water partition coefficient (Wildman–Crippen LogP) is 1.80. The van der Waals surface area contributed by atoms with Crippen molar-refractivity contribution in [2.75, 3.05) is 11.1 Å². The van der Waals surface area contributed by atoms with E-state index >= 15 is 0 Å². The Morgan fingerprint density at radius 1 is 1.43 bits per heavy atom. The van der Waals surface area contributed by atoms with E-state index < -0.39 is 0 Å². The van der Waals surface area contributed by atoms with Gasteiger partial charge in [-0.3, -0.25) is 0 Å². The number of nitrogen functional groups attached to an aromatic ring is 1. The van der Waals surface area contributed by atoms with E-state index in [0.29, 0.717) is 5.82 Å². The first kappa shape index (κ1) is 9.24. The number of rotatable bonds is 3. The summed E-state index contributed by atoms with van der Waals surface area (Å²) in [5.41, 5.74) is 5.74. The third kappa shape index (κ3) is 1.64. The zero-order valence-corrected chi connectivity index (χ0v) is 8.45. The lowest BCUT2D eigenvalue weighted by molar-refractivity contribution is 0.268. The van der Waals surface area contributed by atoms with Gasteiger partial charge in [0.1, 0.15) is 11.6 Å². The highest BCUT2D eigenvalue weighted by atomic mass is 15.1. The Labute approximate surface area is 83.9 Å². The molecule has 0 bridgehead atoms. The molecule has 4 heteroatoms. The zero-order chi connectivity index (χ0) is 10.0. The van der Waals surface area contributed by atoms with Crippen molar-refractivity contribution >= 4 is 11.6 Å². The fourth-order valence-electron chi connectivity index (χ4n) is 1.84. The molecule has 76 valence electrons. The Bertz CT molecular complexity index is 297. The molecule has 0 spiro atoms. The highest BCUT2D eigenvalue weighted by Crippen LogP contribution is 2.37. The number of hydrogen-bond acceptors (Lipinski definition) is 4. The Hall–Kier alpha value is -1.32. The first-order chi connectivity index (χ1) is 6.74. The van der Waals surface area contributed by atoms with Crippen molar-refractivity contribution in [2.24, 2.45) is 0 Å². The van der Waals surface area contributed by atoms with Crippen LogP contribution < -0.4 is 11.1 Å². The summed E-state index contributed by atoms with van der Waals surface area (Å²) in [5.74, 6) is 1.30. The molecule has 14 heavy (non-hydrogen) atoms. The van der Waals surface area contributed by atoms with Crippen molar-refractivity contribution in [1.82, 2.24) is 9.97 Å². The molecular formula is C10H16N4. The van der Waals surface area contributed by atoms with Gasteiger partial charge in [-0.1, -0.05) is 6.92 Å². The van der Waals surface area contributed by atoms with Gasteiger partial charge in [-0.15, -0.1) is 0 Å². The van der Waals surface area contributed by atoms with Crippen molar-refractivity contribution in [1.29, 1.82) is 0 Å². The summed E-state index contributed by atoms with van der Waals surface area (Å²) in [4.78, 5) is 8.20. The number of hydrogen-bond donors (Lipinski definition) is 2. The number of nitrogens with zero attached hydrogens (tertiary/aromatic N) is 2. The summed E-state index contributed by atoms with van der Waals surface area (Å²) in [6, 6.07) is 0. The molecule has 1 aliphatic carbocycles. The summed E-state index contributed by atoms with van der Waals surface area (Å²) in [6.45, 7) is 2.21. The van der Waals surface area contributed by atoms with Gasteiger partial charge in [0, 0.05) is 5.54 Å². The van der Waals surface area contributed by atoms with Crippen LogP contribution in [0.1, 0.15) is 32.6 Å². The van der Waals surface area contributed by atoms with Crippen molar-refractivity contribution in [3.8, 4) is 0 Å². The van der Waals surface area contributed by atoms with Crippen LogP contribution in [0.4, 0.5) is 11.6 Å². The smallest absolute Gasteiger partial charge is 0.145 e. The van der Waals surface area contributed by atoms with Gasteiger partial charge in [0.25, 0.3) is 0 Å². The molecule has 1 aromatic heterocycles. The molecule has 1 saturated carbocycles. The van der Waals surface area contributed by atoms with Gasteiger partial charge in [0.15, 0.2) is 0 Å². The van der Waals surface area contributed by atoms with E-state index in [2.05, 4.69) is 22.2 Å². The molecule has 0 aromatic carbocycles. The molecule has 0 radical (unpaired) electrons. The number of nitrogens with one attached hydrogen (secondary N) is 1. The van der Waals surface area contributed by atoms with Crippen LogP contribution in [0.2, 0.25) is 0 Å². The molecule has 3 N–H and O–H groups in total. The normalized spacial score (nSPS) is 18.6. The molecule has 0 amide bonds. The van der Waals surface area contributed by atoms with E-state index in [9.17, 15) is 0 Å². The zero-order valence-electron chi connectivity index (χ0n) is 8.45. The molecule has 0 aliphatic heterocycles. The predicted molar refractivity (Wildman–Crippen MR) is 56.9 cm³/mol. The van der Waals surface area contributed by atoms with Crippen LogP contribution in [-0.2, 0) is 0 Å². The highest BCUT2D eigenvalue weighted by Gasteiger charge is 2.35. The van der Waals surface area contributed by atoms with Crippen molar-refractivity contribution in [2.45, 2.75) is 38.1 Å². The molecule has 4 nitrogen and oxygen atoms in total. The van der Waals surface area contributed by atoms with Gasteiger partial charge in [-0.05, 0) is 25.7 Å². The molecular weight excluding hydrogens is 176 g/mol. The Kier molecular flexibility index (Phi) is 2.27. The van der Waals surface area contributed by atoms with Crippen LogP contribution in [0.15, 0.2) is 12.4 Å². The van der Waals surface area contributed by atoms with Crippen LogP contribution >= 0.6 is 0 Å². The molecule has 2 rings (SSSR count). The van der Waals surface area contributed by atoms with E-state index in [1.807, 2.05) is 0 Å². The minimum atomic E-state index is 0.269. The third-order valence-corrected chi connectivity index (χ3v) is 3.05. The summed E-state index contributed by atoms with van der Waals surface area (Å²) in [6.07, 6.45) is 8.20. The van der Waals surface area contributed by atoms with Gasteiger partial charge in [-0.2, -0.15) is 0 Å². The van der Waals surface area contributed by atoms with E-state index in [-0.39, 0.29) is 5.54 Å². The first-order valence-corrected chi connectivity index (χ1v) is 5.10. The van der Waals surface area contributed by atoms with Gasteiger partial charge in [-0.25, -0.2) is 9.97 Å². The minimum Gasteiger partial charge on any atom is -0.382 e. The lowest BCUT2D eigenvalue weighted by atomic mass is 9.75. The monoisotopic (exact) mass is 192 g/mol. The van der Waals surface area contributed by atoms with Crippen molar-refractivity contribution in [3.63, 3.8) is 0 Å². The molecule has 1 aromatic rings. The van der Waals surface area contributed by atoms with Crippen LogP contribution in [-0.4, -0.2) is 15.5 Å². The Balaban J connectivity index is 2.06. The standard InChI is InChI=1S/C10H16N4/c1-2-10(4-3-5-10)14-9-7-12-8(11)6-13-9/h6-7H,2-5H2,1H3,(H2,11,12)(H,13,14). The molecule has 1 aliphatic rings. The fraction of sp³-hybridized carbons (Fsp3) is 0.600. The maximum absolute atomic E-state index is 5.47.